The SMILES string of the molecule is CC1CCCN(C(=O)c2cc(Cl)cc(S(=O)(=O)Cl)c2F)C1. The average molecular weight is 354 g/mol. The van der Waals surface area contributed by atoms with E-state index in [4.69, 9.17) is 22.3 Å². The number of hydrogen-bond acceptors (Lipinski definition) is 3. The van der Waals surface area contributed by atoms with Crippen LogP contribution in [0.1, 0.15) is 30.1 Å². The highest BCUT2D eigenvalue weighted by Crippen LogP contribution is 2.28. The summed E-state index contributed by atoms with van der Waals surface area (Å²) >= 11 is 5.78. The predicted octanol–water partition coefficient (Wildman–Crippen LogP) is 3.28. The van der Waals surface area contributed by atoms with Gasteiger partial charge in [-0.3, -0.25) is 4.79 Å². The van der Waals surface area contributed by atoms with E-state index < -0.39 is 25.7 Å². The molecule has 1 saturated heterocycles. The number of likely N-dealkylation sites (tertiary alicyclic amines) is 1. The van der Waals surface area contributed by atoms with Crippen molar-refractivity contribution in [2.45, 2.75) is 24.7 Å². The fraction of sp³-hybridized carbons (Fsp3) is 0.462. The minimum atomic E-state index is -4.31. The van der Waals surface area contributed by atoms with Crippen molar-refractivity contribution >= 4 is 37.2 Å². The first-order valence-corrected chi connectivity index (χ1v) is 9.12. The Hall–Kier alpha value is -0.850. The van der Waals surface area contributed by atoms with Crippen molar-refractivity contribution in [3.63, 3.8) is 0 Å². The van der Waals surface area contributed by atoms with E-state index in [-0.39, 0.29) is 10.6 Å². The van der Waals surface area contributed by atoms with Gasteiger partial charge in [-0.05, 0) is 30.9 Å². The summed E-state index contributed by atoms with van der Waals surface area (Å²) in [6, 6.07) is 2.03. The highest BCUT2D eigenvalue weighted by atomic mass is 35.7. The summed E-state index contributed by atoms with van der Waals surface area (Å²) in [5, 5.41) is -0.0518. The Morgan fingerprint density at radius 3 is 2.67 bits per heavy atom. The lowest BCUT2D eigenvalue weighted by Crippen LogP contribution is -2.39. The summed E-state index contributed by atoms with van der Waals surface area (Å²) in [4.78, 5) is 13.1. The molecule has 0 radical (unpaired) electrons. The van der Waals surface area contributed by atoms with Crippen LogP contribution in [0.3, 0.4) is 0 Å². The van der Waals surface area contributed by atoms with Crippen molar-refractivity contribution < 1.29 is 17.6 Å². The first-order chi connectivity index (χ1) is 9.70. The Kier molecular flexibility index (Phi) is 4.80. The fourth-order valence-corrected chi connectivity index (χ4v) is 3.65. The molecule has 1 amide bonds. The van der Waals surface area contributed by atoms with Gasteiger partial charge in [0.05, 0.1) is 5.56 Å². The lowest BCUT2D eigenvalue weighted by Gasteiger charge is -2.31. The standard InChI is InChI=1S/C13H14Cl2FNO3S/c1-8-3-2-4-17(7-8)13(18)10-5-9(14)6-11(12(10)16)21(15,19)20/h5-6,8H,2-4,7H2,1H3. The zero-order chi connectivity index (χ0) is 15.8. The minimum Gasteiger partial charge on any atom is -0.338 e. The Morgan fingerprint density at radius 2 is 2.10 bits per heavy atom. The van der Waals surface area contributed by atoms with E-state index in [1.165, 1.54) is 4.90 Å². The Morgan fingerprint density at radius 1 is 1.43 bits per heavy atom. The molecular weight excluding hydrogens is 340 g/mol. The third-order valence-electron chi connectivity index (χ3n) is 3.44. The second-order valence-electron chi connectivity index (χ2n) is 5.20. The zero-order valence-electron chi connectivity index (χ0n) is 11.3. The van der Waals surface area contributed by atoms with E-state index in [1.807, 2.05) is 6.92 Å². The molecule has 1 aliphatic heterocycles. The summed E-state index contributed by atoms with van der Waals surface area (Å²) in [7, 11) is 0.859. The number of halogens is 3. The van der Waals surface area contributed by atoms with Crippen molar-refractivity contribution in [1.29, 1.82) is 0 Å². The van der Waals surface area contributed by atoms with E-state index in [2.05, 4.69) is 0 Å². The summed E-state index contributed by atoms with van der Waals surface area (Å²) in [5.41, 5.74) is -0.365. The number of carbonyl (C=O) groups is 1. The highest BCUT2D eigenvalue weighted by Gasteiger charge is 2.28. The van der Waals surface area contributed by atoms with E-state index >= 15 is 0 Å². The van der Waals surface area contributed by atoms with Gasteiger partial charge in [0, 0.05) is 28.8 Å². The molecule has 1 unspecified atom stereocenters. The number of nitrogens with zero attached hydrogens (tertiary/aromatic N) is 1. The molecule has 0 saturated carbocycles. The van der Waals surface area contributed by atoms with E-state index in [9.17, 15) is 17.6 Å². The topological polar surface area (TPSA) is 54.5 Å². The van der Waals surface area contributed by atoms with Crippen LogP contribution in [-0.4, -0.2) is 32.3 Å². The summed E-state index contributed by atoms with van der Waals surface area (Å²) < 4.78 is 37.0. The number of carbonyl (C=O) groups excluding carboxylic acids is 1. The zero-order valence-corrected chi connectivity index (χ0v) is 13.6. The number of hydrogen-bond donors (Lipinski definition) is 0. The number of rotatable bonds is 2. The third-order valence-corrected chi connectivity index (χ3v) is 4.98. The Balaban J connectivity index is 2.44. The molecule has 116 valence electrons. The quantitative estimate of drug-likeness (QED) is 0.766. The Bertz CT molecular complexity index is 678. The van der Waals surface area contributed by atoms with Crippen LogP contribution in [0.5, 0.6) is 0 Å². The molecule has 0 N–H and O–H groups in total. The van der Waals surface area contributed by atoms with E-state index in [1.54, 1.807) is 0 Å². The van der Waals surface area contributed by atoms with Crippen LogP contribution in [0.25, 0.3) is 0 Å². The monoisotopic (exact) mass is 353 g/mol. The number of benzene rings is 1. The van der Waals surface area contributed by atoms with Gasteiger partial charge in [-0.2, -0.15) is 0 Å². The number of amides is 1. The van der Waals surface area contributed by atoms with Gasteiger partial charge in [0.25, 0.3) is 15.0 Å². The van der Waals surface area contributed by atoms with Crippen molar-refractivity contribution in [2.75, 3.05) is 13.1 Å². The molecule has 1 aliphatic rings. The van der Waals surface area contributed by atoms with Gasteiger partial charge < -0.3 is 4.90 Å². The molecule has 1 aromatic carbocycles. The van der Waals surface area contributed by atoms with Crippen LogP contribution in [0, 0.1) is 11.7 Å². The molecule has 2 rings (SSSR count). The van der Waals surface area contributed by atoms with Gasteiger partial charge in [0.1, 0.15) is 4.90 Å². The molecule has 21 heavy (non-hydrogen) atoms. The van der Waals surface area contributed by atoms with Crippen molar-refractivity contribution in [3.8, 4) is 0 Å². The maximum Gasteiger partial charge on any atom is 0.264 e. The maximum absolute atomic E-state index is 14.3. The van der Waals surface area contributed by atoms with Crippen molar-refractivity contribution in [2.24, 2.45) is 5.92 Å². The molecule has 4 nitrogen and oxygen atoms in total. The summed E-state index contributed by atoms with van der Waals surface area (Å²) in [5.74, 6) is -1.40. The second kappa shape index (κ2) is 6.10. The number of piperidine rings is 1. The summed E-state index contributed by atoms with van der Waals surface area (Å²) in [6.45, 7) is 3.02. The lowest BCUT2D eigenvalue weighted by molar-refractivity contribution is 0.0677. The molecule has 1 aromatic rings. The molecule has 1 fully saturated rings. The predicted molar refractivity (Wildman–Crippen MR) is 78.8 cm³/mol. The minimum absolute atomic E-state index is 0.0518. The van der Waals surface area contributed by atoms with Crippen molar-refractivity contribution in [1.82, 2.24) is 4.90 Å². The van der Waals surface area contributed by atoms with Crippen molar-refractivity contribution in [3.05, 3.63) is 28.5 Å². The molecule has 0 aliphatic carbocycles. The normalized spacial score (nSPS) is 19.6. The van der Waals surface area contributed by atoms with Gasteiger partial charge in [-0.25, -0.2) is 12.8 Å². The van der Waals surface area contributed by atoms with Crippen LogP contribution in [0.15, 0.2) is 17.0 Å². The van der Waals surface area contributed by atoms with Gasteiger partial charge in [-0.1, -0.05) is 18.5 Å². The largest absolute Gasteiger partial charge is 0.338 e. The molecule has 0 bridgehead atoms. The van der Waals surface area contributed by atoms with Gasteiger partial charge >= 0.3 is 0 Å². The maximum atomic E-state index is 14.3. The average Bonchev–Trinajstić information content (AvgIpc) is 2.39. The smallest absolute Gasteiger partial charge is 0.264 e. The molecule has 1 heterocycles. The molecule has 0 spiro atoms. The second-order valence-corrected chi connectivity index (χ2v) is 8.17. The van der Waals surface area contributed by atoms with E-state index in [0.717, 1.165) is 25.0 Å². The molecular formula is C13H14Cl2FNO3S. The van der Waals surface area contributed by atoms with Crippen LogP contribution in [0.2, 0.25) is 5.02 Å². The van der Waals surface area contributed by atoms with Crippen LogP contribution >= 0.6 is 22.3 Å². The lowest BCUT2D eigenvalue weighted by atomic mass is 9.99. The van der Waals surface area contributed by atoms with E-state index in [0.29, 0.717) is 19.0 Å². The van der Waals surface area contributed by atoms with Gasteiger partial charge in [-0.15, -0.1) is 0 Å². The van der Waals surface area contributed by atoms with Crippen LogP contribution in [-0.2, 0) is 9.05 Å². The van der Waals surface area contributed by atoms with Crippen LogP contribution < -0.4 is 0 Å². The summed E-state index contributed by atoms with van der Waals surface area (Å²) in [6.07, 6.45) is 1.83. The Labute approximate surface area is 132 Å². The van der Waals surface area contributed by atoms with Gasteiger partial charge in [0.15, 0.2) is 5.82 Å². The van der Waals surface area contributed by atoms with Gasteiger partial charge in [0.2, 0.25) is 0 Å². The molecule has 8 heteroatoms. The first kappa shape index (κ1) is 16.5. The fourth-order valence-electron chi connectivity index (χ4n) is 2.44. The van der Waals surface area contributed by atoms with Crippen LogP contribution in [0.4, 0.5) is 4.39 Å². The molecule has 0 aromatic heterocycles. The molecule has 1 atom stereocenters. The third kappa shape index (κ3) is 3.67. The highest BCUT2D eigenvalue weighted by molar-refractivity contribution is 8.13. The first-order valence-electron chi connectivity index (χ1n) is 6.43.